The highest BCUT2D eigenvalue weighted by Crippen LogP contribution is 2.38. The van der Waals surface area contributed by atoms with E-state index in [1.807, 2.05) is 27.7 Å². The molecular formula is C66H97N5O19. The minimum absolute atomic E-state index is 0.00384. The molecule has 0 aromatic heterocycles. The standard InChI is InChI=1S/C66H97N5O19/c1-9-52(74)45(6)61-54(88-61)40-65(7,83)26-12-13-43(4)60-44(5)16-21-55(66(8,84)27-24-48(72)39-59(79)90-60)89-64(82)70-30-28-69(29-31-70)63(81)87-41-47-19-17-46(18-20-47)37-53(75)51(14-10-11-15-56(67)76)68-62(80)50(42(2)3)38-49(73)25-33-85-35-36-86-34-32-71-57(77)22-23-58(71)78/h12-13,16-23,26,42,44-45,48,50-52,54-55,60-61,72,74,83-84H,9-11,14-15,24-25,27-41H2,1-8H3,(H2,67,76)(H,68,80)/b21-16+,26-12+,43-13+/t44-,45+,48+,50-,51-,52-,54+,55-,60+,61+,65-,66+/m0/s1. The van der Waals surface area contributed by atoms with Gasteiger partial charge < -0.3 is 69.7 Å². The number of imide groups is 1. The molecule has 7 N–H and O–H groups in total. The molecule has 2 fully saturated rings. The molecule has 0 spiro atoms. The fourth-order valence-corrected chi connectivity index (χ4v) is 10.9. The molecule has 4 heterocycles. The van der Waals surface area contributed by atoms with Crippen LogP contribution in [0.15, 0.2) is 72.4 Å². The molecule has 1 aromatic rings. The molecule has 0 radical (unpaired) electrons. The monoisotopic (exact) mass is 1260 g/mol. The Morgan fingerprint density at radius 1 is 0.900 bits per heavy atom. The van der Waals surface area contributed by atoms with Crippen LogP contribution in [0.1, 0.15) is 137 Å². The summed E-state index contributed by atoms with van der Waals surface area (Å²) in [6.07, 6.45) is 6.96. The van der Waals surface area contributed by atoms with Crippen LogP contribution in [0.5, 0.6) is 0 Å². The van der Waals surface area contributed by atoms with Gasteiger partial charge in [0.2, 0.25) is 11.8 Å². The lowest BCUT2D eigenvalue weighted by atomic mass is 9.88. The highest BCUT2D eigenvalue weighted by molar-refractivity contribution is 6.12. The highest BCUT2D eigenvalue weighted by Gasteiger charge is 2.47. The summed E-state index contributed by atoms with van der Waals surface area (Å²) in [6, 6.07) is 5.96. The van der Waals surface area contributed by atoms with E-state index in [4.69, 9.17) is 34.2 Å². The molecule has 500 valence electrons. The molecular weight excluding hydrogens is 1170 g/mol. The van der Waals surface area contributed by atoms with Crippen LogP contribution in [0, 0.1) is 23.7 Å². The Morgan fingerprint density at radius 3 is 2.17 bits per heavy atom. The number of unbranched alkanes of at least 4 members (excludes halogenated alkanes) is 1. The van der Waals surface area contributed by atoms with Crippen LogP contribution < -0.4 is 11.1 Å². The number of nitrogens with two attached hydrogens (primary N) is 1. The number of rotatable bonds is 33. The molecule has 24 heteroatoms. The zero-order valence-electron chi connectivity index (χ0n) is 53.6. The topological polar surface area (TPSA) is 341 Å². The van der Waals surface area contributed by atoms with Gasteiger partial charge in [-0.1, -0.05) is 89.6 Å². The Morgan fingerprint density at radius 2 is 1.53 bits per heavy atom. The van der Waals surface area contributed by atoms with Crippen molar-refractivity contribution in [2.45, 2.75) is 193 Å². The minimum Gasteiger partial charge on any atom is -0.457 e. The Kier molecular flexibility index (Phi) is 29.5. The van der Waals surface area contributed by atoms with Crippen LogP contribution in [0.4, 0.5) is 9.59 Å². The van der Waals surface area contributed by atoms with Crippen LogP contribution in [0.25, 0.3) is 0 Å². The van der Waals surface area contributed by atoms with Crippen LogP contribution in [0.3, 0.4) is 0 Å². The van der Waals surface area contributed by atoms with Gasteiger partial charge in [-0.05, 0) is 81.6 Å². The molecule has 0 unspecified atom stereocenters. The molecule has 4 aliphatic rings. The molecule has 90 heavy (non-hydrogen) atoms. The molecule has 2 saturated heterocycles. The summed E-state index contributed by atoms with van der Waals surface area (Å²) in [5.74, 6) is -4.40. The number of aliphatic hydroxyl groups is 4. The number of ether oxygens (including phenoxy) is 6. The van der Waals surface area contributed by atoms with Crippen molar-refractivity contribution in [3.05, 3.63) is 83.5 Å². The Hall–Kier alpha value is -6.67. The van der Waals surface area contributed by atoms with E-state index in [1.165, 1.54) is 28.9 Å². The van der Waals surface area contributed by atoms with Gasteiger partial charge in [0.1, 0.15) is 24.1 Å². The summed E-state index contributed by atoms with van der Waals surface area (Å²) >= 11 is 0. The number of hydrogen-bond donors (Lipinski definition) is 6. The zero-order chi connectivity index (χ0) is 66.3. The fraction of sp³-hybridized carbons (Fsp3) is 0.652. The first-order valence-electron chi connectivity index (χ1n) is 31.5. The number of cyclic esters (lactones) is 1. The number of epoxide rings is 1. The minimum atomic E-state index is -1.67. The second-order valence-electron chi connectivity index (χ2n) is 25.0. The largest absolute Gasteiger partial charge is 0.457 e. The number of amides is 6. The maximum absolute atomic E-state index is 13.9. The number of ketones is 2. The first kappa shape index (κ1) is 74.1. The molecule has 12 atom stereocenters. The normalized spacial score (nSPS) is 24.9. The van der Waals surface area contributed by atoms with Gasteiger partial charge in [-0.2, -0.15) is 0 Å². The van der Waals surface area contributed by atoms with Crippen molar-refractivity contribution >= 4 is 53.4 Å². The van der Waals surface area contributed by atoms with Gasteiger partial charge >= 0.3 is 18.2 Å². The van der Waals surface area contributed by atoms with Crippen molar-refractivity contribution < 1.29 is 92.0 Å². The molecule has 5 rings (SSSR count). The molecule has 0 bridgehead atoms. The van der Waals surface area contributed by atoms with E-state index in [1.54, 1.807) is 75.4 Å². The van der Waals surface area contributed by atoms with Crippen LogP contribution in [0.2, 0.25) is 0 Å². The zero-order valence-corrected chi connectivity index (χ0v) is 53.6. The maximum atomic E-state index is 13.9. The van der Waals surface area contributed by atoms with Gasteiger partial charge in [-0.15, -0.1) is 0 Å². The smallest absolute Gasteiger partial charge is 0.410 e. The SMILES string of the molecule is CC[C@H](O)[C@@H](C)[C@H]1O[C@@H]1C[C@@](C)(O)/C=C/C=C(\C)[C@H]1OC(=O)C[C@H](O)CC[C@@](C)(O)[C@@H](OC(=O)N2CCN(C(=O)OCc3ccc(CC(=O)[C@H](CCCCC(N)=O)NC(=O)[C@@H](CC(=O)CCOCCOCCN4C(=O)C=CC4=O)C(C)C)cc3)CC2)/C=C/[C@@H]1C. The number of nitrogens with zero attached hydrogens (tertiary/aromatic N) is 3. The van der Waals surface area contributed by atoms with Crippen molar-refractivity contribution in [3.63, 3.8) is 0 Å². The molecule has 0 aliphatic carbocycles. The van der Waals surface area contributed by atoms with Crippen LogP contribution in [-0.4, -0.2) is 201 Å². The van der Waals surface area contributed by atoms with Gasteiger partial charge in [-0.3, -0.25) is 38.5 Å². The molecule has 0 saturated carbocycles. The van der Waals surface area contributed by atoms with Gasteiger partial charge in [0, 0.05) is 88.2 Å². The van der Waals surface area contributed by atoms with Crippen molar-refractivity contribution in [2.24, 2.45) is 29.4 Å². The number of carbonyl (C=O) groups excluding carboxylic acids is 9. The van der Waals surface area contributed by atoms with E-state index in [9.17, 15) is 63.6 Å². The third-order valence-corrected chi connectivity index (χ3v) is 16.9. The van der Waals surface area contributed by atoms with E-state index >= 15 is 0 Å². The van der Waals surface area contributed by atoms with E-state index in [-0.39, 0.29) is 153 Å². The summed E-state index contributed by atoms with van der Waals surface area (Å²) in [5, 5.41) is 46.8. The lowest BCUT2D eigenvalue weighted by molar-refractivity contribution is -0.151. The number of nitrogens with one attached hydrogen (secondary N) is 1. The van der Waals surface area contributed by atoms with Gasteiger partial charge in [-0.25, -0.2) is 9.59 Å². The number of primary amides is 1. The number of Topliss-reactive ketones (excluding diaryl/α,β-unsaturated/α-hetero) is 2. The van der Waals surface area contributed by atoms with Gasteiger partial charge in [0.25, 0.3) is 11.8 Å². The van der Waals surface area contributed by atoms with Crippen LogP contribution in [-0.2, 0) is 75.0 Å². The summed E-state index contributed by atoms with van der Waals surface area (Å²) in [6.45, 7) is 15.2. The lowest BCUT2D eigenvalue weighted by Gasteiger charge is -2.37. The van der Waals surface area contributed by atoms with Crippen molar-refractivity contribution in [1.82, 2.24) is 20.0 Å². The van der Waals surface area contributed by atoms with Crippen molar-refractivity contribution in [2.75, 3.05) is 59.2 Å². The molecule has 6 amide bonds. The number of carbonyl (C=O) groups is 9. The number of piperazine rings is 1. The summed E-state index contributed by atoms with van der Waals surface area (Å²) < 4.78 is 34.2. The third kappa shape index (κ3) is 24.5. The second-order valence-corrected chi connectivity index (χ2v) is 25.0. The second kappa shape index (κ2) is 35.8. The number of aliphatic hydroxyl groups excluding tert-OH is 2. The fourth-order valence-electron chi connectivity index (χ4n) is 10.9. The predicted octanol–water partition coefficient (Wildman–Crippen LogP) is 4.89. The van der Waals surface area contributed by atoms with Crippen molar-refractivity contribution in [1.29, 1.82) is 0 Å². The van der Waals surface area contributed by atoms with E-state index in [0.717, 1.165) is 4.90 Å². The van der Waals surface area contributed by atoms with E-state index < -0.39 is 95.3 Å². The lowest BCUT2D eigenvalue weighted by Crippen LogP contribution is -2.52. The Bertz CT molecular complexity index is 2700. The highest BCUT2D eigenvalue weighted by atomic mass is 16.6. The van der Waals surface area contributed by atoms with Gasteiger partial charge in [0.15, 0.2) is 11.9 Å². The quantitative estimate of drug-likeness (QED) is 0.0104. The molecule has 1 aromatic carbocycles. The van der Waals surface area contributed by atoms with E-state index in [2.05, 4.69) is 5.32 Å². The number of benzene rings is 1. The van der Waals surface area contributed by atoms with Crippen molar-refractivity contribution in [3.8, 4) is 0 Å². The third-order valence-electron chi connectivity index (χ3n) is 16.9. The predicted molar refractivity (Wildman–Crippen MR) is 329 cm³/mol. The summed E-state index contributed by atoms with van der Waals surface area (Å²) in [7, 11) is 0. The summed E-state index contributed by atoms with van der Waals surface area (Å²) in [4.78, 5) is 120. The Labute approximate surface area is 528 Å². The number of hydrogen-bond acceptors (Lipinski definition) is 19. The maximum Gasteiger partial charge on any atom is 0.410 e. The first-order chi connectivity index (χ1) is 42.6. The summed E-state index contributed by atoms with van der Waals surface area (Å²) in [5.41, 5.74) is 4.33. The Balaban J connectivity index is 1.09. The average molecular weight is 1260 g/mol. The number of allylic oxidation sites excluding steroid dienone is 2. The van der Waals surface area contributed by atoms with Crippen LogP contribution >= 0.6 is 0 Å². The van der Waals surface area contributed by atoms with Gasteiger partial charge in [0.05, 0.1) is 75.5 Å². The number of esters is 1. The molecule has 4 aliphatic heterocycles. The average Bonchev–Trinajstić information content (AvgIpc) is 2.01. The molecule has 24 nitrogen and oxygen atoms in total. The van der Waals surface area contributed by atoms with E-state index in [0.29, 0.717) is 42.4 Å². The first-order valence-corrected chi connectivity index (χ1v) is 31.5.